The second-order valence-corrected chi connectivity index (χ2v) is 4.80. The fourth-order valence-electron chi connectivity index (χ4n) is 1.95. The van der Waals surface area contributed by atoms with Crippen LogP contribution in [0.2, 0.25) is 0 Å². The van der Waals surface area contributed by atoms with Crippen LogP contribution in [0, 0.1) is 5.92 Å². The van der Waals surface area contributed by atoms with Gasteiger partial charge >= 0.3 is 5.97 Å². The van der Waals surface area contributed by atoms with Crippen LogP contribution >= 0.6 is 0 Å². The Kier molecular flexibility index (Phi) is 4.52. The normalized spacial score (nSPS) is 15.8. The zero-order valence-corrected chi connectivity index (χ0v) is 10.6. The van der Waals surface area contributed by atoms with Crippen molar-refractivity contribution in [3.63, 3.8) is 0 Å². The number of rotatable bonds is 7. The van der Waals surface area contributed by atoms with Crippen LogP contribution in [0.3, 0.4) is 0 Å². The average molecular weight is 262 g/mol. The second kappa shape index (κ2) is 6.33. The van der Waals surface area contributed by atoms with Crippen LogP contribution in [-0.4, -0.2) is 29.6 Å². The maximum Gasteiger partial charge on any atom is 0.320 e. The van der Waals surface area contributed by atoms with Gasteiger partial charge in [0.25, 0.3) is 0 Å². The molecule has 1 atom stereocenters. The molecule has 1 amide bonds. The smallest absolute Gasteiger partial charge is 0.320 e. The van der Waals surface area contributed by atoms with Gasteiger partial charge in [-0.15, -0.1) is 0 Å². The van der Waals surface area contributed by atoms with Gasteiger partial charge in [-0.25, -0.2) is 0 Å². The van der Waals surface area contributed by atoms with Crippen LogP contribution in [0.5, 0.6) is 0 Å². The predicted molar refractivity (Wildman–Crippen MR) is 70.4 cm³/mol. The topological polar surface area (TPSA) is 78.4 Å². The van der Waals surface area contributed by atoms with Crippen LogP contribution in [0.1, 0.15) is 18.4 Å². The van der Waals surface area contributed by atoms with Gasteiger partial charge in [0.2, 0.25) is 5.91 Å². The average Bonchev–Trinajstić information content (AvgIpc) is 3.22. The number of nitrogens with one attached hydrogen (secondary N) is 2. The van der Waals surface area contributed by atoms with Crippen LogP contribution in [0.15, 0.2) is 30.3 Å². The molecule has 0 radical (unpaired) electrons. The number of hydrogen-bond acceptors (Lipinski definition) is 3. The molecule has 0 saturated heterocycles. The van der Waals surface area contributed by atoms with E-state index in [-0.39, 0.29) is 18.4 Å². The monoisotopic (exact) mass is 262 g/mol. The van der Waals surface area contributed by atoms with Gasteiger partial charge in [0, 0.05) is 6.54 Å². The van der Waals surface area contributed by atoms with Crippen molar-refractivity contribution >= 4 is 11.9 Å². The summed E-state index contributed by atoms with van der Waals surface area (Å²) in [5.74, 6) is -0.881. The summed E-state index contributed by atoms with van der Waals surface area (Å²) in [6.07, 6.45) is 1.85. The van der Waals surface area contributed by atoms with Crippen molar-refractivity contribution in [2.45, 2.75) is 25.4 Å². The highest BCUT2D eigenvalue weighted by atomic mass is 16.4. The molecule has 3 N–H and O–H groups in total. The first-order valence-corrected chi connectivity index (χ1v) is 6.43. The Morgan fingerprint density at radius 1 is 1.26 bits per heavy atom. The fourth-order valence-corrected chi connectivity index (χ4v) is 1.95. The molecule has 19 heavy (non-hydrogen) atoms. The summed E-state index contributed by atoms with van der Waals surface area (Å²) in [7, 11) is 0. The van der Waals surface area contributed by atoms with Crippen molar-refractivity contribution in [3.05, 3.63) is 35.9 Å². The van der Waals surface area contributed by atoms with Gasteiger partial charge in [-0.2, -0.15) is 0 Å². The first-order chi connectivity index (χ1) is 9.16. The maximum atomic E-state index is 11.6. The highest BCUT2D eigenvalue weighted by Crippen LogP contribution is 2.32. The highest BCUT2D eigenvalue weighted by Gasteiger charge is 2.36. The summed E-state index contributed by atoms with van der Waals surface area (Å²) in [6.45, 7) is 0.503. The van der Waals surface area contributed by atoms with Gasteiger partial charge in [-0.3, -0.25) is 14.9 Å². The predicted octanol–water partition coefficient (Wildman–Crippen LogP) is 0.756. The molecule has 0 heterocycles. The summed E-state index contributed by atoms with van der Waals surface area (Å²) in [4.78, 5) is 22.6. The van der Waals surface area contributed by atoms with E-state index in [2.05, 4.69) is 10.6 Å². The van der Waals surface area contributed by atoms with Crippen molar-refractivity contribution < 1.29 is 14.7 Å². The summed E-state index contributed by atoms with van der Waals surface area (Å²) >= 11 is 0. The molecule has 0 aliphatic heterocycles. The van der Waals surface area contributed by atoms with E-state index < -0.39 is 12.0 Å². The number of carboxylic acid groups (broad SMARTS) is 1. The van der Waals surface area contributed by atoms with Crippen molar-refractivity contribution in [1.82, 2.24) is 10.6 Å². The molecule has 5 nitrogen and oxygen atoms in total. The number of hydrogen-bond donors (Lipinski definition) is 3. The van der Waals surface area contributed by atoms with Gasteiger partial charge in [-0.1, -0.05) is 30.3 Å². The number of amides is 1. The highest BCUT2D eigenvalue weighted by molar-refractivity contribution is 5.80. The maximum absolute atomic E-state index is 11.6. The van der Waals surface area contributed by atoms with E-state index in [1.807, 2.05) is 30.3 Å². The molecule has 0 bridgehead atoms. The fraction of sp³-hybridized carbons (Fsp3) is 0.429. The first kappa shape index (κ1) is 13.5. The van der Waals surface area contributed by atoms with Crippen LogP contribution in [0.4, 0.5) is 0 Å². The minimum absolute atomic E-state index is 0.0420. The molecular formula is C14H18N2O3. The number of aliphatic carboxylic acids is 1. The lowest BCUT2D eigenvalue weighted by Gasteiger charge is -2.13. The van der Waals surface area contributed by atoms with E-state index in [0.29, 0.717) is 6.54 Å². The van der Waals surface area contributed by atoms with Crippen LogP contribution < -0.4 is 10.6 Å². The molecule has 1 aromatic rings. The zero-order chi connectivity index (χ0) is 13.7. The molecule has 1 aromatic carbocycles. The minimum atomic E-state index is -0.877. The summed E-state index contributed by atoms with van der Waals surface area (Å²) < 4.78 is 0. The van der Waals surface area contributed by atoms with E-state index >= 15 is 0 Å². The van der Waals surface area contributed by atoms with Crippen LogP contribution in [0.25, 0.3) is 0 Å². The molecule has 1 saturated carbocycles. The van der Waals surface area contributed by atoms with E-state index in [4.69, 9.17) is 5.11 Å². The minimum Gasteiger partial charge on any atom is -0.480 e. The van der Waals surface area contributed by atoms with E-state index in [1.54, 1.807) is 0 Å². The number of carbonyl (C=O) groups is 2. The Bertz CT molecular complexity index is 443. The zero-order valence-electron chi connectivity index (χ0n) is 10.6. The standard InChI is InChI=1S/C14H18N2O3/c17-12(15-8-10-4-2-1-3-5-10)9-16-13(14(18)19)11-6-7-11/h1-5,11,13,16H,6-9H2,(H,15,17)(H,18,19). The molecular weight excluding hydrogens is 244 g/mol. The SMILES string of the molecule is O=C(CNC(C(=O)O)C1CC1)NCc1ccccc1. The molecule has 102 valence electrons. The lowest BCUT2D eigenvalue weighted by molar-refractivity contribution is -0.140. The lowest BCUT2D eigenvalue weighted by Crippen LogP contribution is -2.44. The molecule has 2 rings (SSSR count). The van der Waals surface area contributed by atoms with Gasteiger partial charge in [-0.05, 0) is 24.3 Å². The third-order valence-electron chi connectivity index (χ3n) is 3.17. The van der Waals surface area contributed by atoms with Crippen molar-refractivity contribution in [3.8, 4) is 0 Å². The Hall–Kier alpha value is -1.88. The largest absolute Gasteiger partial charge is 0.480 e. The Labute approximate surface area is 112 Å². The first-order valence-electron chi connectivity index (χ1n) is 6.43. The third kappa shape index (κ3) is 4.37. The number of carbonyl (C=O) groups excluding carboxylic acids is 1. The Balaban J connectivity index is 1.71. The number of carboxylic acids is 1. The van der Waals surface area contributed by atoms with Gasteiger partial charge in [0.05, 0.1) is 6.54 Å². The molecule has 0 aromatic heterocycles. The Morgan fingerprint density at radius 2 is 1.95 bits per heavy atom. The molecule has 1 aliphatic rings. The lowest BCUT2D eigenvalue weighted by atomic mass is 10.2. The molecule has 1 aliphatic carbocycles. The van der Waals surface area contributed by atoms with E-state index in [9.17, 15) is 9.59 Å². The van der Waals surface area contributed by atoms with Crippen molar-refractivity contribution in [1.29, 1.82) is 0 Å². The molecule has 1 unspecified atom stereocenters. The van der Waals surface area contributed by atoms with Gasteiger partial charge in [0.1, 0.15) is 6.04 Å². The third-order valence-corrected chi connectivity index (χ3v) is 3.17. The summed E-state index contributed by atoms with van der Waals surface area (Å²) in [5, 5.41) is 14.6. The molecule has 5 heteroatoms. The van der Waals surface area contributed by atoms with Gasteiger partial charge in [0.15, 0.2) is 0 Å². The second-order valence-electron chi connectivity index (χ2n) is 4.80. The van der Waals surface area contributed by atoms with E-state index in [0.717, 1.165) is 18.4 Å². The van der Waals surface area contributed by atoms with Crippen molar-refractivity contribution in [2.24, 2.45) is 5.92 Å². The van der Waals surface area contributed by atoms with Crippen LogP contribution in [-0.2, 0) is 16.1 Å². The van der Waals surface area contributed by atoms with E-state index in [1.165, 1.54) is 0 Å². The number of benzene rings is 1. The summed E-state index contributed by atoms with van der Waals surface area (Å²) in [5.41, 5.74) is 1.02. The Morgan fingerprint density at radius 3 is 2.53 bits per heavy atom. The summed E-state index contributed by atoms with van der Waals surface area (Å²) in [6, 6.07) is 9.00. The quantitative estimate of drug-likeness (QED) is 0.677. The van der Waals surface area contributed by atoms with Crippen molar-refractivity contribution in [2.75, 3.05) is 6.54 Å². The molecule has 1 fully saturated rings. The molecule has 0 spiro atoms. The van der Waals surface area contributed by atoms with Gasteiger partial charge < -0.3 is 10.4 Å².